The molecule has 1 rings (SSSR count). The van der Waals surface area contributed by atoms with Gasteiger partial charge in [0.1, 0.15) is 17.2 Å². The molecule has 0 aromatic carbocycles. The third-order valence-electron chi connectivity index (χ3n) is 1.22. The number of nitrogens with zero attached hydrogens (tertiary/aromatic N) is 1. The van der Waals surface area contributed by atoms with Crippen molar-refractivity contribution in [2.24, 2.45) is 10.7 Å². The summed E-state index contributed by atoms with van der Waals surface area (Å²) in [6.45, 7) is 2.30. The molecule has 1 aliphatic rings. The zero-order valence-corrected chi connectivity index (χ0v) is 7.35. The van der Waals surface area contributed by atoms with E-state index in [4.69, 9.17) is 10.5 Å². The topological polar surface area (TPSA) is 64.7 Å². The van der Waals surface area contributed by atoms with Crippen molar-refractivity contribution in [2.75, 3.05) is 6.61 Å². The van der Waals surface area contributed by atoms with Crippen LogP contribution in [0.25, 0.3) is 0 Å². The van der Waals surface area contributed by atoms with E-state index in [1.807, 2.05) is 6.92 Å². The first kappa shape index (κ1) is 10.8. The second-order valence-corrected chi connectivity index (χ2v) is 1.93. The van der Waals surface area contributed by atoms with Crippen LogP contribution < -0.4 is 5.73 Å². The SMILES string of the molecule is CCOC1=C(N)C(=C=O)C=N1.Cl. The lowest BCUT2D eigenvalue weighted by Gasteiger charge is -1.99. The standard InChI is InChI=1S/C7H8N2O2.ClH/c1-2-11-7-6(8)5(4-10)3-9-7;/h3H,2,8H2,1H3;1H. The second-order valence-electron chi connectivity index (χ2n) is 1.93. The first-order valence-electron chi connectivity index (χ1n) is 3.21. The molecule has 1 aliphatic heterocycles. The van der Waals surface area contributed by atoms with Crippen LogP contribution >= 0.6 is 12.4 Å². The van der Waals surface area contributed by atoms with E-state index >= 15 is 0 Å². The Morgan fingerprint density at radius 3 is 2.83 bits per heavy atom. The van der Waals surface area contributed by atoms with Crippen LogP contribution in [0.3, 0.4) is 0 Å². The van der Waals surface area contributed by atoms with Gasteiger partial charge >= 0.3 is 0 Å². The van der Waals surface area contributed by atoms with Crippen molar-refractivity contribution in [2.45, 2.75) is 6.92 Å². The minimum absolute atomic E-state index is 0. The molecule has 0 aliphatic carbocycles. The van der Waals surface area contributed by atoms with Crippen molar-refractivity contribution in [3.8, 4) is 0 Å². The molecule has 0 atom stereocenters. The monoisotopic (exact) mass is 188 g/mol. The van der Waals surface area contributed by atoms with Crippen LogP contribution in [0.4, 0.5) is 0 Å². The number of aliphatic imine (C=N–C) groups is 1. The van der Waals surface area contributed by atoms with Gasteiger partial charge in [0.2, 0.25) is 5.88 Å². The van der Waals surface area contributed by atoms with E-state index in [9.17, 15) is 4.79 Å². The molecule has 0 radical (unpaired) electrons. The fourth-order valence-electron chi connectivity index (χ4n) is 0.711. The molecule has 0 unspecified atom stereocenters. The first-order valence-corrected chi connectivity index (χ1v) is 3.21. The Kier molecular flexibility index (Phi) is 4.11. The lowest BCUT2D eigenvalue weighted by molar-refractivity contribution is 0.225. The molecule has 0 spiro atoms. The lowest BCUT2D eigenvalue weighted by Crippen LogP contribution is -2.03. The minimum Gasteiger partial charge on any atom is -0.476 e. The summed E-state index contributed by atoms with van der Waals surface area (Å²) in [6, 6.07) is 0. The number of carbonyl (C=O) groups excluding carboxylic acids is 1. The highest BCUT2D eigenvalue weighted by Crippen LogP contribution is 2.14. The van der Waals surface area contributed by atoms with Crippen molar-refractivity contribution in [3.63, 3.8) is 0 Å². The molecule has 0 bridgehead atoms. The van der Waals surface area contributed by atoms with Gasteiger partial charge in [-0.15, -0.1) is 12.4 Å². The third kappa shape index (κ3) is 1.87. The number of nitrogens with two attached hydrogens (primary N) is 1. The molecule has 1 heterocycles. The Balaban J connectivity index is 0.00000121. The van der Waals surface area contributed by atoms with Crippen LogP contribution in [-0.2, 0) is 9.53 Å². The minimum atomic E-state index is 0. The van der Waals surface area contributed by atoms with E-state index in [1.165, 1.54) is 6.21 Å². The second kappa shape index (κ2) is 4.59. The largest absolute Gasteiger partial charge is 0.476 e. The molecule has 0 amide bonds. The van der Waals surface area contributed by atoms with Gasteiger partial charge in [0.15, 0.2) is 0 Å². The zero-order valence-electron chi connectivity index (χ0n) is 6.53. The number of hydrogen-bond acceptors (Lipinski definition) is 4. The highest BCUT2D eigenvalue weighted by Gasteiger charge is 2.14. The van der Waals surface area contributed by atoms with E-state index in [-0.39, 0.29) is 23.7 Å². The highest BCUT2D eigenvalue weighted by atomic mass is 35.5. The van der Waals surface area contributed by atoms with Crippen LogP contribution in [0.5, 0.6) is 0 Å². The van der Waals surface area contributed by atoms with E-state index in [0.717, 1.165) is 0 Å². The molecule has 0 aromatic rings. The van der Waals surface area contributed by atoms with Crippen LogP contribution in [0.1, 0.15) is 6.92 Å². The van der Waals surface area contributed by atoms with Gasteiger partial charge in [-0.2, -0.15) is 0 Å². The van der Waals surface area contributed by atoms with Crippen molar-refractivity contribution in [1.82, 2.24) is 0 Å². The molecular weight excluding hydrogens is 180 g/mol. The van der Waals surface area contributed by atoms with Gasteiger partial charge in [-0.05, 0) is 6.92 Å². The summed E-state index contributed by atoms with van der Waals surface area (Å²) < 4.78 is 5.00. The quantitative estimate of drug-likeness (QED) is 0.639. The fraction of sp³-hybridized carbons (Fsp3) is 0.286. The summed E-state index contributed by atoms with van der Waals surface area (Å²) in [5, 5.41) is 0. The fourth-order valence-corrected chi connectivity index (χ4v) is 0.711. The third-order valence-corrected chi connectivity index (χ3v) is 1.22. The average Bonchev–Trinajstić information content (AvgIpc) is 2.34. The zero-order chi connectivity index (χ0) is 8.27. The highest BCUT2D eigenvalue weighted by molar-refractivity contribution is 5.97. The van der Waals surface area contributed by atoms with Gasteiger partial charge in [-0.3, -0.25) is 0 Å². The summed E-state index contributed by atoms with van der Waals surface area (Å²) in [6.07, 6.45) is 1.34. The summed E-state index contributed by atoms with van der Waals surface area (Å²) in [4.78, 5) is 13.9. The molecular formula is C7H9ClN2O2. The summed E-state index contributed by atoms with van der Waals surface area (Å²) in [7, 11) is 0. The first-order chi connectivity index (χ1) is 5.29. The van der Waals surface area contributed by atoms with Crippen LogP contribution in [0.2, 0.25) is 0 Å². The van der Waals surface area contributed by atoms with Gasteiger partial charge in [-0.25, -0.2) is 9.79 Å². The van der Waals surface area contributed by atoms with Crippen molar-refractivity contribution >= 4 is 24.6 Å². The molecule has 0 saturated carbocycles. The predicted molar refractivity (Wildman–Crippen MR) is 47.8 cm³/mol. The summed E-state index contributed by atoms with van der Waals surface area (Å²) >= 11 is 0. The molecule has 0 aromatic heterocycles. The van der Waals surface area contributed by atoms with Crippen LogP contribution in [-0.4, -0.2) is 18.8 Å². The smallest absolute Gasteiger partial charge is 0.238 e. The van der Waals surface area contributed by atoms with Crippen molar-refractivity contribution in [3.05, 3.63) is 17.2 Å². The van der Waals surface area contributed by atoms with E-state index in [2.05, 4.69) is 4.99 Å². The number of ether oxygens (including phenoxy) is 1. The van der Waals surface area contributed by atoms with Crippen LogP contribution in [0.15, 0.2) is 22.1 Å². The van der Waals surface area contributed by atoms with Crippen molar-refractivity contribution in [1.29, 1.82) is 0 Å². The maximum atomic E-state index is 10.1. The van der Waals surface area contributed by atoms with Gasteiger partial charge in [0.05, 0.1) is 12.8 Å². The molecule has 12 heavy (non-hydrogen) atoms. The Morgan fingerprint density at radius 1 is 1.75 bits per heavy atom. The summed E-state index contributed by atoms with van der Waals surface area (Å²) in [5.41, 5.74) is 5.97. The maximum Gasteiger partial charge on any atom is 0.238 e. The van der Waals surface area contributed by atoms with Gasteiger partial charge < -0.3 is 10.5 Å². The number of rotatable bonds is 2. The van der Waals surface area contributed by atoms with Crippen LogP contribution in [0, 0.1) is 0 Å². The predicted octanol–water partition coefficient (Wildman–Crippen LogP) is 0.415. The molecule has 2 N–H and O–H groups in total. The van der Waals surface area contributed by atoms with Gasteiger partial charge in [-0.1, -0.05) is 0 Å². The van der Waals surface area contributed by atoms with Gasteiger partial charge in [0.25, 0.3) is 0 Å². The number of hydrogen-bond donors (Lipinski definition) is 1. The lowest BCUT2D eigenvalue weighted by atomic mass is 10.3. The van der Waals surface area contributed by atoms with E-state index < -0.39 is 0 Å². The van der Waals surface area contributed by atoms with E-state index in [1.54, 1.807) is 5.94 Å². The van der Waals surface area contributed by atoms with Crippen molar-refractivity contribution < 1.29 is 9.53 Å². The Labute approximate surface area is 76.2 Å². The molecule has 5 heteroatoms. The molecule has 4 nitrogen and oxygen atoms in total. The normalized spacial score (nSPS) is 14.2. The molecule has 66 valence electrons. The average molecular weight is 189 g/mol. The Hall–Kier alpha value is -1.25. The summed E-state index contributed by atoms with van der Waals surface area (Å²) in [5.74, 6) is 1.97. The number of halogens is 1. The maximum absolute atomic E-state index is 10.1. The molecule has 0 saturated heterocycles. The Bertz CT molecular complexity index is 277. The number of allylic oxidation sites excluding steroid dienone is 1. The molecule has 0 fully saturated rings. The van der Waals surface area contributed by atoms with E-state index in [0.29, 0.717) is 12.5 Å². The van der Waals surface area contributed by atoms with Gasteiger partial charge in [0, 0.05) is 0 Å². The Morgan fingerprint density at radius 2 is 2.42 bits per heavy atom.